The van der Waals surface area contributed by atoms with E-state index in [0.29, 0.717) is 34.0 Å². The Morgan fingerprint density at radius 3 is 2.41 bits per heavy atom. The van der Waals surface area contributed by atoms with Gasteiger partial charge in [0.1, 0.15) is 28.6 Å². The molecule has 0 spiro atoms. The van der Waals surface area contributed by atoms with Crippen molar-refractivity contribution in [2.75, 3.05) is 26.6 Å². The van der Waals surface area contributed by atoms with Gasteiger partial charge in [0.25, 0.3) is 0 Å². The lowest BCUT2D eigenvalue weighted by Crippen LogP contribution is -2.10. The van der Waals surface area contributed by atoms with Gasteiger partial charge in [0, 0.05) is 34.2 Å². The molecule has 0 radical (unpaired) electrons. The maximum atomic E-state index is 13.9. The molecule has 4 aromatic rings. The Morgan fingerprint density at radius 1 is 0.941 bits per heavy atom. The van der Waals surface area contributed by atoms with Crippen LogP contribution in [0.2, 0.25) is 0 Å². The molecule has 1 heterocycles. The number of carbonyl (C=O) groups excluding carboxylic acids is 1. The Hall–Kier alpha value is -4.26. The molecule has 34 heavy (non-hydrogen) atoms. The van der Waals surface area contributed by atoms with Crippen molar-refractivity contribution in [1.82, 2.24) is 0 Å². The minimum atomic E-state index is -0.504. The van der Waals surface area contributed by atoms with Gasteiger partial charge in [-0.2, -0.15) is 0 Å². The quantitative estimate of drug-likeness (QED) is 0.327. The van der Waals surface area contributed by atoms with E-state index in [1.54, 1.807) is 52.7 Å². The van der Waals surface area contributed by atoms with Gasteiger partial charge in [-0.1, -0.05) is 12.1 Å². The second-order valence-electron chi connectivity index (χ2n) is 7.56. The van der Waals surface area contributed by atoms with Crippen molar-refractivity contribution in [2.24, 2.45) is 0 Å². The second kappa shape index (κ2) is 9.70. The summed E-state index contributed by atoms with van der Waals surface area (Å²) in [6.07, 6.45) is 3.05. The summed E-state index contributed by atoms with van der Waals surface area (Å²) >= 11 is 0. The molecule has 0 aliphatic carbocycles. The third kappa shape index (κ3) is 4.45. The number of hydrogen-bond donors (Lipinski definition) is 1. The van der Waals surface area contributed by atoms with Crippen LogP contribution in [0.25, 0.3) is 27.7 Å². The van der Waals surface area contributed by atoms with Crippen molar-refractivity contribution < 1.29 is 27.8 Å². The number of carbonyl (C=O) groups is 1. The third-order valence-corrected chi connectivity index (χ3v) is 5.50. The Morgan fingerprint density at radius 2 is 1.71 bits per heavy atom. The van der Waals surface area contributed by atoms with Gasteiger partial charge >= 0.3 is 0 Å². The molecule has 3 aromatic carbocycles. The van der Waals surface area contributed by atoms with Crippen LogP contribution in [0.4, 0.5) is 10.1 Å². The number of allylic oxidation sites excluding steroid dienone is 1. The summed E-state index contributed by atoms with van der Waals surface area (Å²) in [4.78, 5) is 12.6. The molecular weight excluding hydrogens is 437 g/mol. The zero-order chi connectivity index (χ0) is 24.2. The highest BCUT2D eigenvalue weighted by Gasteiger charge is 2.18. The summed E-state index contributed by atoms with van der Waals surface area (Å²) in [5.41, 5.74) is 3.67. The number of benzene rings is 3. The van der Waals surface area contributed by atoms with Crippen molar-refractivity contribution >= 4 is 28.1 Å². The summed E-state index contributed by atoms with van der Waals surface area (Å²) in [6.45, 7) is 1.79. The van der Waals surface area contributed by atoms with Crippen LogP contribution in [0.3, 0.4) is 0 Å². The summed E-state index contributed by atoms with van der Waals surface area (Å²) < 4.78 is 36.2. The van der Waals surface area contributed by atoms with Gasteiger partial charge in [0.2, 0.25) is 5.91 Å². The van der Waals surface area contributed by atoms with Gasteiger partial charge in [0.15, 0.2) is 0 Å². The molecule has 6 nitrogen and oxygen atoms in total. The van der Waals surface area contributed by atoms with Crippen LogP contribution < -0.4 is 19.5 Å². The van der Waals surface area contributed by atoms with Gasteiger partial charge in [-0.05, 0) is 48.9 Å². The molecule has 0 bridgehead atoms. The van der Waals surface area contributed by atoms with Crippen LogP contribution in [-0.2, 0) is 4.79 Å². The van der Waals surface area contributed by atoms with Crippen LogP contribution in [0.1, 0.15) is 12.5 Å². The van der Waals surface area contributed by atoms with E-state index in [1.807, 2.05) is 24.3 Å². The van der Waals surface area contributed by atoms with E-state index in [-0.39, 0.29) is 5.69 Å². The molecule has 0 atom stereocenters. The van der Waals surface area contributed by atoms with Gasteiger partial charge in [-0.15, -0.1) is 0 Å². The lowest BCUT2D eigenvalue weighted by atomic mass is 9.98. The van der Waals surface area contributed by atoms with E-state index in [1.165, 1.54) is 18.2 Å². The predicted molar refractivity (Wildman–Crippen MR) is 130 cm³/mol. The molecule has 174 valence electrons. The molecular formula is C27H24FNO5. The average molecular weight is 461 g/mol. The van der Waals surface area contributed by atoms with Gasteiger partial charge in [0.05, 0.1) is 33.3 Å². The zero-order valence-electron chi connectivity index (χ0n) is 19.3. The number of fused-ring (bicyclic) bond motifs is 1. The number of furan rings is 1. The first-order valence-electron chi connectivity index (χ1n) is 10.5. The van der Waals surface area contributed by atoms with Crippen LogP contribution in [0.15, 0.2) is 71.4 Å². The smallest absolute Gasteiger partial charge is 0.248 e. The molecule has 1 aromatic heterocycles. The van der Waals surface area contributed by atoms with E-state index in [0.717, 1.165) is 16.5 Å². The standard InChI is InChI=1S/C27H24FNO5/c1-16(11-27(30)29-23-8-6-5-7-22(23)28)18-13-20-21(15-34-26(20)14-25(18)33-4)19-12-17(31-2)9-10-24(19)32-3/h5-15H,1-4H3,(H,29,30)/b16-11+. The molecule has 0 fully saturated rings. The number of para-hydroxylation sites is 1. The van der Waals surface area contributed by atoms with E-state index in [4.69, 9.17) is 18.6 Å². The van der Waals surface area contributed by atoms with E-state index >= 15 is 0 Å². The van der Waals surface area contributed by atoms with Crippen LogP contribution in [0, 0.1) is 5.82 Å². The van der Waals surface area contributed by atoms with Gasteiger partial charge < -0.3 is 23.9 Å². The third-order valence-electron chi connectivity index (χ3n) is 5.50. The first-order chi connectivity index (χ1) is 16.4. The SMILES string of the molecule is COc1ccc(OC)c(-c2coc3cc(OC)c(/C(C)=C/C(=O)Nc4ccccc4F)cc23)c1. The van der Waals surface area contributed by atoms with Crippen molar-refractivity contribution in [1.29, 1.82) is 0 Å². The fraction of sp³-hybridized carbons (Fsp3) is 0.148. The lowest BCUT2D eigenvalue weighted by molar-refractivity contribution is -0.111. The lowest BCUT2D eigenvalue weighted by Gasteiger charge is -2.12. The number of halogens is 1. The van der Waals surface area contributed by atoms with Crippen molar-refractivity contribution in [2.45, 2.75) is 6.92 Å². The molecule has 0 aliphatic heterocycles. The van der Waals surface area contributed by atoms with Crippen LogP contribution in [0.5, 0.6) is 17.2 Å². The molecule has 1 amide bonds. The van der Waals surface area contributed by atoms with Crippen LogP contribution in [-0.4, -0.2) is 27.2 Å². The average Bonchev–Trinajstić information content (AvgIpc) is 3.26. The number of ether oxygens (including phenoxy) is 3. The number of nitrogens with one attached hydrogen (secondary N) is 1. The second-order valence-corrected chi connectivity index (χ2v) is 7.56. The van der Waals surface area contributed by atoms with Gasteiger partial charge in [-0.3, -0.25) is 4.79 Å². The minimum absolute atomic E-state index is 0.112. The number of anilines is 1. The first kappa shape index (κ1) is 22.9. The fourth-order valence-electron chi connectivity index (χ4n) is 3.77. The summed E-state index contributed by atoms with van der Waals surface area (Å²) in [5, 5.41) is 3.38. The Bertz CT molecular complexity index is 1390. The highest BCUT2D eigenvalue weighted by Crippen LogP contribution is 2.41. The van der Waals surface area contributed by atoms with Crippen molar-refractivity contribution in [3.63, 3.8) is 0 Å². The van der Waals surface area contributed by atoms with Crippen LogP contribution >= 0.6 is 0 Å². The topological polar surface area (TPSA) is 69.9 Å². The zero-order valence-corrected chi connectivity index (χ0v) is 19.3. The number of rotatable bonds is 7. The summed E-state index contributed by atoms with van der Waals surface area (Å²) in [7, 11) is 4.75. The predicted octanol–water partition coefficient (Wildman–Crippen LogP) is 6.31. The highest BCUT2D eigenvalue weighted by atomic mass is 19.1. The fourth-order valence-corrected chi connectivity index (χ4v) is 3.77. The van der Waals surface area contributed by atoms with E-state index < -0.39 is 11.7 Å². The molecule has 4 rings (SSSR count). The Kier molecular flexibility index (Phi) is 6.54. The summed E-state index contributed by atoms with van der Waals surface area (Å²) in [6, 6.07) is 15.2. The number of amides is 1. The molecule has 0 saturated carbocycles. The molecule has 0 aliphatic rings. The van der Waals surface area contributed by atoms with E-state index in [9.17, 15) is 9.18 Å². The molecule has 1 N–H and O–H groups in total. The molecule has 0 unspecified atom stereocenters. The Labute approximate surface area is 196 Å². The van der Waals surface area contributed by atoms with Crippen molar-refractivity contribution in [3.8, 4) is 28.4 Å². The monoisotopic (exact) mass is 461 g/mol. The van der Waals surface area contributed by atoms with E-state index in [2.05, 4.69) is 5.32 Å². The van der Waals surface area contributed by atoms with Crippen molar-refractivity contribution in [3.05, 3.63) is 78.3 Å². The normalized spacial score (nSPS) is 11.4. The number of hydrogen-bond acceptors (Lipinski definition) is 5. The maximum absolute atomic E-state index is 13.9. The molecule has 7 heteroatoms. The largest absolute Gasteiger partial charge is 0.497 e. The minimum Gasteiger partial charge on any atom is -0.497 e. The highest BCUT2D eigenvalue weighted by molar-refractivity contribution is 6.05. The number of methoxy groups -OCH3 is 3. The maximum Gasteiger partial charge on any atom is 0.248 e. The van der Waals surface area contributed by atoms with Gasteiger partial charge in [-0.25, -0.2) is 4.39 Å². The molecule has 0 saturated heterocycles. The first-order valence-corrected chi connectivity index (χ1v) is 10.5. The summed E-state index contributed by atoms with van der Waals surface area (Å²) in [5.74, 6) is 0.929. The Balaban J connectivity index is 1.77.